The number of benzene rings is 2. The molecule has 9 heteroatoms. The standard InChI is InChI=1S/C19H15ClN4O4/c1-2-28-18-9-8-17(22-23-18)12-4-3-5-13(10-12)21-19(25)15-11-14(24(26)27)6-7-16(15)20/h3-11H,2H2,1H3,(H,21,25). The Bertz CT molecular complexity index is 1020. The number of ether oxygens (including phenoxy) is 1. The van der Waals surface area contributed by atoms with Crippen molar-refractivity contribution in [1.82, 2.24) is 10.2 Å². The Morgan fingerprint density at radius 2 is 2.00 bits per heavy atom. The highest BCUT2D eigenvalue weighted by molar-refractivity contribution is 6.34. The first kappa shape index (κ1) is 19.2. The first-order chi connectivity index (χ1) is 13.5. The van der Waals surface area contributed by atoms with Crippen molar-refractivity contribution in [2.24, 2.45) is 0 Å². The van der Waals surface area contributed by atoms with Crippen LogP contribution in [0, 0.1) is 10.1 Å². The van der Waals surface area contributed by atoms with Crippen molar-refractivity contribution in [3.63, 3.8) is 0 Å². The van der Waals surface area contributed by atoms with Crippen molar-refractivity contribution in [3.05, 3.63) is 75.3 Å². The molecule has 1 aromatic heterocycles. The Morgan fingerprint density at radius 1 is 1.18 bits per heavy atom. The molecule has 1 N–H and O–H groups in total. The predicted molar refractivity (Wildman–Crippen MR) is 105 cm³/mol. The molecular weight excluding hydrogens is 384 g/mol. The Labute approximate surface area is 165 Å². The molecule has 3 aromatic rings. The number of amides is 1. The smallest absolute Gasteiger partial charge is 0.270 e. The minimum atomic E-state index is -0.585. The van der Waals surface area contributed by atoms with Gasteiger partial charge in [-0.25, -0.2) is 0 Å². The third kappa shape index (κ3) is 4.41. The van der Waals surface area contributed by atoms with E-state index in [0.717, 1.165) is 11.6 Å². The summed E-state index contributed by atoms with van der Waals surface area (Å²) in [4.78, 5) is 22.8. The van der Waals surface area contributed by atoms with Crippen LogP contribution < -0.4 is 10.1 Å². The molecule has 0 aliphatic carbocycles. The fraction of sp³-hybridized carbons (Fsp3) is 0.105. The van der Waals surface area contributed by atoms with E-state index in [2.05, 4.69) is 15.5 Å². The molecule has 0 radical (unpaired) electrons. The first-order valence-electron chi connectivity index (χ1n) is 8.30. The zero-order valence-electron chi connectivity index (χ0n) is 14.8. The monoisotopic (exact) mass is 398 g/mol. The number of rotatable bonds is 6. The molecule has 0 aliphatic rings. The van der Waals surface area contributed by atoms with E-state index in [1.54, 1.807) is 30.3 Å². The van der Waals surface area contributed by atoms with E-state index >= 15 is 0 Å². The van der Waals surface area contributed by atoms with Gasteiger partial charge in [0.2, 0.25) is 5.88 Å². The van der Waals surface area contributed by atoms with Crippen LogP contribution >= 0.6 is 11.6 Å². The lowest BCUT2D eigenvalue weighted by atomic mass is 10.1. The number of non-ortho nitro benzene ring substituents is 1. The topological polar surface area (TPSA) is 107 Å². The van der Waals surface area contributed by atoms with Gasteiger partial charge in [-0.15, -0.1) is 10.2 Å². The van der Waals surface area contributed by atoms with Gasteiger partial charge in [-0.2, -0.15) is 0 Å². The van der Waals surface area contributed by atoms with Gasteiger partial charge in [-0.1, -0.05) is 23.7 Å². The largest absolute Gasteiger partial charge is 0.477 e. The highest BCUT2D eigenvalue weighted by atomic mass is 35.5. The molecular formula is C19H15ClN4O4. The fourth-order valence-corrected chi connectivity index (χ4v) is 2.66. The fourth-order valence-electron chi connectivity index (χ4n) is 2.45. The SMILES string of the molecule is CCOc1ccc(-c2cccc(NC(=O)c3cc([N+](=O)[O-])ccc3Cl)c2)nn1. The number of carbonyl (C=O) groups is 1. The van der Waals surface area contributed by atoms with Crippen LogP contribution in [0.25, 0.3) is 11.3 Å². The molecule has 3 rings (SSSR count). The zero-order chi connectivity index (χ0) is 20.1. The number of carbonyl (C=O) groups excluding carboxylic acids is 1. The van der Waals surface area contributed by atoms with Gasteiger partial charge in [0.25, 0.3) is 11.6 Å². The Hall–Kier alpha value is -3.52. The van der Waals surface area contributed by atoms with Crippen LogP contribution in [-0.4, -0.2) is 27.6 Å². The van der Waals surface area contributed by atoms with E-state index in [9.17, 15) is 14.9 Å². The average Bonchev–Trinajstić information content (AvgIpc) is 2.69. The molecule has 28 heavy (non-hydrogen) atoms. The van der Waals surface area contributed by atoms with Gasteiger partial charge in [0.05, 0.1) is 27.8 Å². The number of nitro groups is 1. The second-order valence-corrected chi connectivity index (χ2v) is 6.05. The summed E-state index contributed by atoms with van der Waals surface area (Å²) in [5, 5.41) is 21.8. The van der Waals surface area contributed by atoms with Crippen LogP contribution in [0.4, 0.5) is 11.4 Å². The molecule has 8 nitrogen and oxygen atoms in total. The van der Waals surface area contributed by atoms with Crippen molar-refractivity contribution in [3.8, 4) is 17.1 Å². The quantitative estimate of drug-likeness (QED) is 0.488. The van der Waals surface area contributed by atoms with E-state index in [0.29, 0.717) is 23.9 Å². The number of nitro benzene ring substituents is 1. The summed E-state index contributed by atoms with van der Waals surface area (Å²) in [6, 6.07) is 14.1. The number of aromatic nitrogens is 2. The van der Waals surface area contributed by atoms with Crippen LogP contribution in [0.2, 0.25) is 5.02 Å². The van der Waals surface area contributed by atoms with E-state index in [1.807, 2.05) is 13.0 Å². The number of nitrogens with zero attached hydrogens (tertiary/aromatic N) is 3. The molecule has 1 heterocycles. The number of nitrogens with one attached hydrogen (secondary N) is 1. The second kappa shape index (κ2) is 8.45. The van der Waals surface area contributed by atoms with Gasteiger partial charge in [-0.3, -0.25) is 14.9 Å². The van der Waals surface area contributed by atoms with Gasteiger partial charge in [0, 0.05) is 29.4 Å². The lowest BCUT2D eigenvalue weighted by molar-refractivity contribution is -0.384. The summed E-state index contributed by atoms with van der Waals surface area (Å²) in [7, 11) is 0. The van der Waals surface area contributed by atoms with Gasteiger partial charge < -0.3 is 10.1 Å². The third-order valence-corrected chi connectivity index (χ3v) is 4.08. The lowest BCUT2D eigenvalue weighted by Crippen LogP contribution is -2.13. The maximum atomic E-state index is 12.5. The molecule has 1 amide bonds. The number of halogens is 1. The predicted octanol–water partition coefficient (Wildman–Crippen LogP) is 4.36. The summed E-state index contributed by atoms with van der Waals surface area (Å²) >= 11 is 6.02. The third-order valence-electron chi connectivity index (χ3n) is 3.75. The van der Waals surface area contributed by atoms with E-state index < -0.39 is 10.8 Å². The summed E-state index contributed by atoms with van der Waals surface area (Å²) in [5.74, 6) is -0.125. The van der Waals surface area contributed by atoms with Crippen molar-refractivity contribution in [2.75, 3.05) is 11.9 Å². The highest BCUT2D eigenvalue weighted by Gasteiger charge is 2.16. The minimum absolute atomic E-state index is 0.0159. The zero-order valence-corrected chi connectivity index (χ0v) is 15.5. The molecule has 0 unspecified atom stereocenters. The van der Waals surface area contributed by atoms with Gasteiger partial charge >= 0.3 is 0 Å². The maximum absolute atomic E-state index is 12.5. The Kier molecular flexibility index (Phi) is 5.81. The van der Waals surface area contributed by atoms with E-state index in [-0.39, 0.29) is 16.3 Å². The summed E-state index contributed by atoms with van der Waals surface area (Å²) in [6.07, 6.45) is 0. The molecule has 2 aromatic carbocycles. The molecule has 142 valence electrons. The van der Waals surface area contributed by atoms with Crippen molar-refractivity contribution >= 4 is 28.9 Å². The Morgan fingerprint density at radius 3 is 2.68 bits per heavy atom. The molecule has 0 fully saturated rings. The molecule has 0 bridgehead atoms. The second-order valence-electron chi connectivity index (χ2n) is 5.65. The van der Waals surface area contributed by atoms with E-state index in [1.165, 1.54) is 12.1 Å². The molecule has 0 spiro atoms. The van der Waals surface area contributed by atoms with Crippen LogP contribution in [-0.2, 0) is 0 Å². The highest BCUT2D eigenvalue weighted by Crippen LogP contribution is 2.25. The van der Waals surface area contributed by atoms with E-state index in [4.69, 9.17) is 16.3 Å². The number of anilines is 1. The maximum Gasteiger partial charge on any atom is 0.270 e. The van der Waals surface area contributed by atoms with Gasteiger partial charge in [0.1, 0.15) is 0 Å². The molecule has 0 aliphatic heterocycles. The Balaban J connectivity index is 1.82. The van der Waals surface area contributed by atoms with Crippen molar-refractivity contribution < 1.29 is 14.5 Å². The van der Waals surface area contributed by atoms with Crippen LogP contribution in [0.3, 0.4) is 0 Å². The van der Waals surface area contributed by atoms with Gasteiger partial charge in [-0.05, 0) is 31.2 Å². The molecule has 0 atom stereocenters. The summed E-state index contributed by atoms with van der Waals surface area (Å²) in [5.41, 5.74) is 1.63. The normalized spacial score (nSPS) is 10.4. The molecule has 0 saturated carbocycles. The van der Waals surface area contributed by atoms with Crippen LogP contribution in [0.5, 0.6) is 5.88 Å². The van der Waals surface area contributed by atoms with Crippen molar-refractivity contribution in [2.45, 2.75) is 6.92 Å². The minimum Gasteiger partial charge on any atom is -0.477 e. The lowest BCUT2D eigenvalue weighted by Gasteiger charge is -2.09. The number of hydrogen-bond donors (Lipinski definition) is 1. The summed E-state index contributed by atoms with van der Waals surface area (Å²) < 4.78 is 5.27. The number of hydrogen-bond acceptors (Lipinski definition) is 6. The van der Waals surface area contributed by atoms with Crippen molar-refractivity contribution in [1.29, 1.82) is 0 Å². The summed E-state index contributed by atoms with van der Waals surface area (Å²) in [6.45, 7) is 2.35. The average molecular weight is 399 g/mol. The molecule has 0 saturated heterocycles. The first-order valence-corrected chi connectivity index (χ1v) is 8.68. The van der Waals surface area contributed by atoms with Crippen LogP contribution in [0.1, 0.15) is 17.3 Å². The van der Waals surface area contributed by atoms with Crippen LogP contribution in [0.15, 0.2) is 54.6 Å². The van der Waals surface area contributed by atoms with Gasteiger partial charge in [0.15, 0.2) is 0 Å².